The highest BCUT2D eigenvalue weighted by Crippen LogP contribution is 2.30. The van der Waals surface area contributed by atoms with E-state index in [9.17, 15) is 9.59 Å². The van der Waals surface area contributed by atoms with Crippen LogP contribution in [-0.4, -0.2) is 32.4 Å². The number of anilines is 3. The largest absolute Gasteiger partial charge is 0.373 e. The van der Waals surface area contributed by atoms with Crippen molar-refractivity contribution in [1.29, 1.82) is 0 Å². The van der Waals surface area contributed by atoms with Crippen molar-refractivity contribution in [2.24, 2.45) is 7.05 Å². The highest BCUT2D eigenvalue weighted by molar-refractivity contribution is 6.00. The molecule has 0 spiro atoms. The molecule has 0 radical (unpaired) electrons. The third-order valence-electron chi connectivity index (χ3n) is 6.78. The molecule has 3 aromatic heterocycles. The molecule has 0 saturated heterocycles. The summed E-state index contributed by atoms with van der Waals surface area (Å²) in [6.45, 7) is 5.75. The molecule has 2 amide bonds. The smallest absolute Gasteiger partial charge is 0.324 e. The lowest BCUT2D eigenvalue weighted by Crippen LogP contribution is -2.22. The third kappa shape index (κ3) is 5.03. The second-order valence-corrected chi connectivity index (χ2v) is 9.88. The summed E-state index contributed by atoms with van der Waals surface area (Å²) in [5.74, 6) is 0.598. The van der Waals surface area contributed by atoms with Gasteiger partial charge in [0.2, 0.25) is 0 Å². The Morgan fingerprint density at radius 1 is 1.00 bits per heavy atom. The maximum Gasteiger partial charge on any atom is 0.324 e. The van der Waals surface area contributed by atoms with Gasteiger partial charge in [0.05, 0.1) is 22.6 Å². The van der Waals surface area contributed by atoms with E-state index in [1.807, 2.05) is 44.2 Å². The summed E-state index contributed by atoms with van der Waals surface area (Å²) in [5.41, 5.74) is 3.41. The zero-order chi connectivity index (χ0) is 28.6. The van der Waals surface area contributed by atoms with Crippen molar-refractivity contribution in [1.82, 2.24) is 19.3 Å². The van der Waals surface area contributed by atoms with E-state index in [4.69, 9.17) is 0 Å². The fourth-order valence-electron chi connectivity index (χ4n) is 4.56. The minimum absolute atomic E-state index is 0.0567. The van der Waals surface area contributed by atoms with Crippen LogP contribution in [0.25, 0.3) is 27.7 Å². The number of carbonyl (C=O) groups is 1. The first-order valence-corrected chi connectivity index (χ1v) is 12.9. The van der Waals surface area contributed by atoms with Gasteiger partial charge in [0.1, 0.15) is 17.5 Å². The Morgan fingerprint density at radius 2 is 1.75 bits per heavy atom. The zero-order valence-corrected chi connectivity index (χ0v) is 22.9. The molecule has 0 saturated carbocycles. The van der Waals surface area contributed by atoms with Gasteiger partial charge < -0.3 is 15.2 Å². The number of carbonyl (C=O) groups excluding carboxylic acids is 1. The lowest BCUT2D eigenvalue weighted by Gasteiger charge is -2.15. The van der Waals surface area contributed by atoms with Gasteiger partial charge in [-0.2, -0.15) is 5.10 Å². The van der Waals surface area contributed by atoms with E-state index in [-0.39, 0.29) is 17.2 Å². The highest BCUT2D eigenvalue weighted by Gasteiger charge is 2.18. The molecule has 0 atom stereocenters. The molecule has 5 aromatic rings. The Bertz CT molecular complexity index is 1790. The van der Waals surface area contributed by atoms with Crippen molar-refractivity contribution in [3.05, 3.63) is 94.3 Å². The van der Waals surface area contributed by atoms with E-state index in [1.54, 1.807) is 50.1 Å². The van der Waals surface area contributed by atoms with Crippen LogP contribution in [0.1, 0.15) is 31.0 Å². The molecule has 2 aromatic carbocycles. The topological polar surface area (TPSA) is 106 Å². The monoisotopic (exact) mass is 539 g/mol. The van der Waals surface area contributed by atoms with Gasteiger partial charge in [-0.3, -0.25) is 10.1 Å². The molecule has 10 heteroatoms. The SMILES string of the molecule is CNc1cc2c(cn1)cc(-c1cc(NC(=O)Nc3cc(C(C)C)nn3-c3ccccc3)c(F)cc1C)c(=O)n2C. The summed E-state index contributed by atoms with van der Waals surface area (Å²) in [6, 6.07) is 16.9. The predicted octanol–water partition coefficient (Wildman–Crippen LogP) is 6.04. The average molecular weight is 540 g/mol. The van der Waals surface area contributed by atoms with Gasteiger partial charge >= 0.3 is 6.03 Å². The number of aryl methyl sites for hydroxylation is 2. The number of urea groups is 1. The number of halogens is 1. The Kier molecular flexibility index (Phi) is 7.08. The molecular formula is C30H30FN7O2. The minimum atomic E-state index is -0.642. The summed E-state index contributed by atoms with van der Waals surface area (Å²) >= 11 is 0. The Hall–Kier alpha value is -4.99. The molecule has 3 heterocycles. The Morgan fingerprint density at radius 3 is 2.45 bits per heavy atom. The van der Waals surface area contributed by atoms with Crippen molar-refractivity contribution in [3.8, 4) is 16.8 Å². The van der Waals surface area contributed by atoms with E-state index < -0.39 is 11.8 Å². The number of hydrogen-bond acceptors (Lipinski definition) is 5. The van der Waals surface area contributed by atoms with Crippen molar-refractivity contribution >= 4 is 34.3 Å². The van der Waals surface area contributed by atoms with Gasteiger partial charge in [-0.15, -0.1) is 0 Å². The number of nitrogens with one attached hydrogen (secondary N) is 3. The van der Waals surface area contributed by atoms with Crippen LogP contribution in [0, 0.1) is 12.7 Å². The number of rotatable bonds is 6. The van der Waals surface area contributed by atoms with E-state index in [0.29, 0.717) is 33.8 Å². The molecule has 0 aliphatic heterocycles. The first kappa shape index (κ1) is 26.6. The lowest BCUT2D eigenvalue weighted by atomic mass is 9.99. The maximum atomic E-state index is 15.1. The fourth-order valence-corrected chi connectivity index (χ4v) is 4.56. The van der Waals surface area contributed by atoms with Crippen molar-refractivity contribution in [3.63, 3.8) is 0 Å². The van der Waals surface area contributed by atoms with Gasteiger partial charge in [-0.1, -0.05) is 32.0 Å². The first-order valence-electron chi connectivity index (χ1n) is 12.9. The molecular weight excluding hydrogens is 509 g/mol. The van der Waals surface area contributed by atoms with Crippen LogP contribution in [0.3, 0.4) is 0 Å². The van der Waals surface area contributed by atoms with Crippen LogP contribution in [0.15, 0.2) is 71.7 Å². The Labute approximate surface area is 230 Å². The highest BCUT2D eigenvalue weighted by atomic mass is 19.1. The number of nitrogens with zero attached hydrogens (tertiary/aromatic N) is 4. The summed E-state index contributed by atoms with van der Waals surface area (Å²) in [4.78, 5) is 30.8. The average Bonchev–Trinajstić information content (AvgIpc) is 3.36. The van der Waals surface area contributed by atoms with E-state index in [2.05, 4.69) is 26.0 Å². The first-order chi connectivity index (χ1) is 19.2. The standard InChI is InChI=1S/C30H30FN7O2/c1-17(2)24-14-28(38(36-24)20-9-7-6-8-10-20)35-30(40)34-25-13-21(18(3)11-23(25)31)22-12-19-16-33-27(32-4)15-26(19)37(5)29(22)39/h6-17H,1-5H3,(H,32,33)(H2,34,35,40). The third-order valence-corrected chi connectivity index (χ3v) is 6.78. The van der Waals surface area contributed by atoms with Crippen molar-refractivity contribution < 1.29 is 9.18 Å². The van der Waals surface area contributed by atoms with Crippen molar-refractivity contribution in [2.45, 2.75) is 26.7 Å². The van der Waals surface area contributed by atoms with Gasteiger partial charge in [0.15, 0.2) is 0 Å². The molecule has 0 bridgehead atoms. The number of fused-ring (bicyclic) bond motifs is 1. The number of hydrogen-bond donors (Lipinski definition) is 3. The molecule has 204 valence electrons. The van der Waals surface area contributed by atoms with Gasteiger partial charge in [-0.05, 0) is 54.3 Å². The van der Waals surface area contributed by atoms with Crippen LogP contribution < -0.4 is 21.5 Å². The zero-order valence-electron chi connectivity index (χ0n) is 22.9. The number of para-hydroxylation sites is 1. The van der Waals surface area contributed by atoms with Gasteiger partial charge in [0.25, 0.3) is 5.56 Å². The van der Waals surface area contributed by atoms with Gasteiger partial charge in [0, 0.05) is 43.4 Å². The molecule has 3 N–H and O–H groups in total. The normalized spacial score (nSPS) is 11.2. The van der Waals surface area contributed by atoms with Gasteiger partial charge in [-0.25, -0.2) is 18.9 Å². The molecule has 0 fully saturated rings. The van der Waals surface area contributed by atoms with E-state index in [0.717, 1.165) is 16.8 Å². The van der Waals surface area contributed by atoms with Crippen molar-refractivity contribution in [2.75, 3.05) is 23.0 Å². The predicted molar refractivity (Wildman–Crippen MR) is 157 cm³/mol. The second kappa shape index (κ2) is 10.6. The molecule has 9 nitrogen and oxygen atoms in total. The number of benzene rings is 2. The molecule has 5 rings (SSSR count). The summed E-state index contributed by atoms with van der Waals surface area (Å²) in [5, 5.41) is 13.7. The molecule has 0 aliphatic rings. The summed E-state index contributed by atoms with van der Waals surface area (Å²) in [6.07, 6.45) is 1.68. The number of amides is 2. The van der Waals surface area contributed by atoms with Crippen LogP contribution in [0.4, 0.5) is 26.5 Å². The van der Waals surface area contributed by atoms with Crippen LogP contribution in [0.2, 0.25) is 0 Å². The number of pyridine rings is 2. The van der Waals surface area contributed by atoms with E-state index >= 15 is 4.39 Å². The second-order valence-electron chi connectivity index (χ2n) is 9.88. The fraction of sp³-hybridized carbons (Fsp3) is 0.200. The molecule has 0 aliphatic carbocycles. The lowest BCUT2D eigenvalue weighted by molar-refractivity contribution is 0.262. The molecule has 0 unspecified atom stereocenters. The van der Waals surface area contributed by atoms with Crippen LogP contribution >= 0.6 is 0 Å². The van der Waals surface area contributed by atoms with E-state index in [1.165, 1.54) is 16.7 Å². The summed E-state index contributed by atoms with van der Waals surface area (Å²) < 4.78 is 18.2. The minimum Gasteiger partial charge on any atom is -0.373 e. The Balaban J connectivity index is 1.49. The maximum absolute atomic E-state index is 15.1. The number of aromatic nitrogens is 4. The van der Waals surface area contributed by atoms with Crippen LogP contribution in [0.5, 0.6) is 0 Å². The quantitative estimate of drug-likeness (QED) is 0.244. The van der Waals surface area contributed by atoms with Crippen LogP contribution in [-0.2, 0) is 7.05 Å². The summed E-state index contributed by atoms with van der Waals surface area (Å²) in [7, 11) is 3.44. The molecule has 40 heavy (non-hydrogen) atoms.